The molecule has 0 bridgehead atoms. The van der Waals surface area contributed by atoms with Gasteiger partial charge in [-0.25, -0.2) is 19.7 Å². The Bertz CT molecular complexity index is 634. The van der Waals surface area contributed by atoms with E-state index in [0.29, 0.717) is 11.2 Å². The standard InChI is InChI=1S/C11H11N5O3/c1-19-7(17)3-2-4-12-11(18)9-8-10(15-5-13-8)16-6-14-9/h2-3,5-6H,4H2,1H3,(H,12,18)(H,13,14,15,16)/b3-2+. The lowest BCUT2D eigenvalue weighted by Gasteiger charge is -2.01. The molecular formula is C11H11N5O3. The van der Waals surface area contributed by atoms with Gasteiger partial charge >= 0.3 is 5.97 Å². The van der Waals surface area contributed by atoms with Crippen molar-refractivity contribution >= 4 is 23.0 Å². The van der Waals surface area contributed by atoms with Crippen LogP contribution in [0.2, 0.25) is 0 Å². The molecule has 0 aliphatic heterocycles. The van der Waals surface area contributed by atoms with Gasteiger partial charge in [0.15, 0.2) is 11.3 Å². The molecule has 0 unspecified atom stereocenters. The largest absolute Gasteiger partial charge is 0.466 e. The van der Waals surface area contributed by atoms with Crippen LogP contribution in [0.4, 0.5) is 0 Å². The van der Waals surface area contributed by atoms with Gasteiger partial charge in [-0.05, 0) is 0 Å². The summed E-state index contributed by atoms with van der Waals surface area (Å²) in [4.78, 5) is 37.2. The number of rotatable bonds is 4. The minimum absolute atomic E-state index is 0.188. The molecule has 0 radical (unpaired) electrons. The van der Waals surface area contributed by atoms with Crippen molar-refractivity contribution in [2.24, 2.45) is 0 Å². The number of imidazole rings is 1. The Labute approximate surface area is 107 Å². The Balaban J connectivity index is 2.02. The molecule has 0 aliphatic carbocycles. The zero-order chi connectivity index (χ0) is 13.7. The molecule has 19 heavy (non-hydrogen) atoms. The first-order valence-corrected chi connectivity index (χ1v) is 5.39. The van der Waals surface area contributed by atoms with Gasteiger partial charge in [0.05, 0.1) is 13.4 Å². The highest BCUT2D eigenvalue weighted by Gasteiger charge is 2.12. The number of carbonyl (C=O) groups is 2. The quantitative estimate of drug-likeness (QED) is 0.583. The van der Waals surface area contributed by atoms with Crippen molar-refractivity contribution in [2.75, 3.05) is 13.7 Å². The number of esters is 1. The number of ether oxygens (including phenoxy) is 1. The normalized spacial score (nSPS) is 10.8. The third kappa shape index (κ3) is 2.92. The average molecular weight is 261 g/mol. The lowest BCUT2D eigenvalue weighted by molar-refractivity contribution is -0.134. The second kappa shape index (κ2) is 5.71. The monoisotopic (exact) mass is 261 g/mol. The smallest absolute Gasteiger partial charge is 0.330 e. The van der Waals surface area contributed by atoms with E-state index in [2.05, 4.69) is 30.0 Å². The van der Waals surface area contributed by atoms with Crippen molar-refractivity contribution in [3.8, 4) is 0 Å². The fourth-order valence-corrected chi connectivity index (χ4v) is 1.40. The Morgan fingerprint density at radius 1 is 1.42 bits per heavy atom. The molecule has 2 N–H and O–H groups in total. The van der Waals surface area contributed by atoms with E-state index >= 15 is 0 Å². The number of fused-ring (bicyclic) bond motifs is 1. The van der Waals surface area contributed by atoms with Gasteiger partial charge < -0.3 is 15.0 Å². The fraction of sp³-hybridized carbons (Fsp3) is 0.182. The zero-order valence-electron chi connectivity index (χ0n) is 10.1. The molecule has 0 aromatic carbocycles. The van der Waals surface area contributed by atoms with Gasteiger partial charge in [0.25, 0.3) is 5.91 Å². The highest BCUT2D eigenvalue weighted by Crippen LogP contribution is 2.08. The minimum atomic E-state index is -0.479. The SMILES string of the molecule is COC(=O)/C=C/CNC(=O)c1ncnc2nc[nH]c12. The van der Waals surface area contributed by atoms with Crippen molar-refractivity contribution in [3.05, 3.63) is 30.5 Å². The maximum atomic E-state index is 11.9. The number of methoxy groups -OCH3 is 1. The molecule has 2 rings (SSSR count). The number of H-pyrrole nitrogens is 1. The van der Waals surface area contributed by atoms with Crippen LogP contribution >= 0.6 is 0 Å². The molecule has 8 nitrogen and oxygen atoms in total. The predicted octanol–water partition coefficient (Wildman–Crippen LogP) is -0.188. The first kappa shape index (κ1) is 12.7. The summed E-state index contributed by atoms with van der Waals surface area (Å²) in [5.74, 6) is -0.863. The Morgan fingerprint density at radius 2 is 2.26 bits per heavy atom. The highest BCUT2D eigenvalue weighted by atomic mass is 16.5. The molecule has 0 fully saturated rings. The summed E-state index contributed by atoms with van der Waals surface area (Å²) in [6, 6.07) is 0. The van der Waals surface area contributed by atoms with Crippen LogP contribution in [0.25, 0.3) is 11.2 Å². The lowest BCUT2D eigenvalue weighted by Crippen LogP contribution is -2.25. The van der Waals surface area contributed by atoms with E-state index in [1.807, 2.05) is 0 Å². The molecule has 0 saturated carbocycles. The van der Waals surface area contributed by atoms with Crippen molar-refractivity contribution in [1.29, 1.82) is 0 Å². The van der Waals surface area contributed by atoms with Gasteiger partial charge in [0.1, 0.15) is 11.8 Å². The topological polar surface area (TPSA) is 110 Å². The molecular weight excluding hydrogens is 250 g/mol. The van der Waals surface area contributed by atoms with Crippen LogP contribution in [0.5, 0.6) is 0 Å². The molecule has 8 heteroatoms. The van der Waals surface area contributed by atoms with E-state index in [1.54, 1.807) is 0 Å². The number of hydrogen-bond acceptors (Lipinski definition) is 6. The average Bonchev–Trinajstić information content (AvgIpc) is 2.91. The predicted molar refractivity (Wildman–Crippen MR) is 65.2 cm³/mol. The van der Waals surface area contributed by atoms with E-state index in [1.165, 1.54) is 31.9 Å². The van der Waals surface area contributed by atoms with E-state index in [4.69, 9.17) is 0 Å². The third-order valence-corrected chi connectivity index (χ3v) is 2.27. The number of nitrogens with zero attached hydrogens (tertiary/aromatic N) is 3. The molecule has 0 aliphatic rings. The molecule has 0 saturated heterocycles. The lowest BCUT2D eigenvalue weighted by atomic mass is 10.3. The number of amides is 1. The van der Waals surface area contributed by atoms with Crippen LogP contribution in [0.3, 0.4) is 0 Å². The first-order chi connectivity index (χ1) is 9.22. The molecule has 98 valence electrons. The molecule has 2 aromatic rings. The van der Waals surface area contributed by atoms with Crippen LogP contribution in [-0.4, -0.2) is 45.5 Å². The number of nitrogens with one attached hydrogen (secondary N) is 2. The van der Waals surface area contributed by atoms with Crippen molar-refractivity contribution in [2.45, 2.75) is 0 Å². The number of hydrogen-bond donors (Lipinski definition) is 2. The van der Waals surface area contributed by atoms with Crippen LogP contribution in [0.1, 0.15) is 10.5 Å². The van der Waals surface area contributed by atoms with Gasteiger partial charge in [-0.3, -0.25) is 4.79 Å². The van der Waals surface area contributed by atoms with Gasteiger partial charge in [-0.2, -0.15) is 0 Å². The summed E-state index contributed by atoms with van der Waals surface area (Å²) in [5.41, 5.74) is 1.09. The van der Waals surface area contributed by atoms with Gasteiger partial charge in [0, 0.05) is 12.6 Å². The first-order valence-electron chi connectivity index (χ1n) is 5.39. The van der Waals surface area contributed by atoms with E-state index in [0.717, 1.165) is 0 Å². The number of aromatic amines is 1. The third-order valence-electron chi connectivity index (χ3n) is 2.27. The van der Waals surface area contributed by atoms with Gasteiger partial charge in [0.2, 0.25) is 0 Å². The summed E-state index contributed by atoms with van der Waals surface area (Å²) >= 11 is 0. The van der Waals surface area contributed by atoms with Crippen molar-refractivity contribution in [1.82, 2.24) is 25.3 Å². The van der Waals surface area contributed by atoms with Crippen molar-refractivity contribution in [3.63, 3.8) is 0 Å². The summed E-state index contributed by atoms with van der Waals surface area (Å²) in [6.07, 6.45) is 5.41. The van der Waals surface area contributed by atoms with Crippen LogP contribution in [0, 0.1) is 0 Å². The Kier molecular flexibility index (Phi) is 3.81. The second-order valence-electron chi connectivity index (χ2n) is 3.46. The summed E-state index contributed by atoms with van der Waals surface area (Å²) in [7, 11) is 1.28. The molecule has 0 spiro atoms. The Morgan fingerprint density at radius 3 is 3.05 bits per heavy atom. The van der Waals surface area contributed by atoms with Crippen LogP contribution < -0.4 is 5.32 Å². The van der Waals surface area contributed by atoms with Gasteiger partial charge in [-0.15, -0.1) is 0 Å². The maximum absolute atomic E-state index is 11.9. The number of aromatic nitrogens is 4. The zero-order valence-corrected chi connectivity index (χ0v) is 10.1. The number of carbonyl (C=O) groups excluding carboxylic acids is 2. The summed E-state index contributed by atoms with van der Waals surface area (Å²) < 4.78 is 4.42. The minimum Gasteiger partial charge on any atom is -0.466 e. The Hall–Kier alpha value is -2.77. The summed E-state index contributed by atoms with van der Waals surface area (Å²) in [6.45, 7) is 0.188. The second-order valence-corrected chi connectivity index (χ2v) is 3.46. The van der Waals surface area contributed by atoms with E-state index < -0.39 is 5.97 Å². The van der Waals surface area contributed by atoms with Crippen LogP contribution in [0.15, 0.2) is 24.8 Å². The van der Waals surface area contributed by atoms with Gasteiger partial charge in [-0.1, -0.05) is 6.08 Å². The highest BCUT2D eigenvalue weighted by molar-refractivity contribution is 6.01. The molecule has 1 amide bonds. The summed E-state index contributed by atoms with van der Waals surface area (Å²) in [5, 5.41) is 2.59. The van der Waals surface area contributed by atoms with Crippen molar-refractivity contribution < 1.29 is 14.3 Å². The molecule has 2 heterocycles. The molecule has 0 atom stereocenters. The van der Waals surface area contributed by atoms with Crippen LogP contribution in [-0.2, 0) is 9.53 Å². The fourth-order valence-electron chi connectivity index (χ4n) is 1.40. The maximum Gasteiger partial charge on any atom is 0.330 e. The van der Waals surface area contributed by atoms with E-state index in [-0.39, 0.29) is 18.1 Å². The van der Waals surface area contributed by atoms with E-state index in [9.17, 15) is 9.59 Å². The molecule has 2 aromatic heterocycles.